The van der Waals surface area contributed by atoms with Crippen LogP contribution in [0.2, 0.25) is 0 Å². The highest BCUT2D eigenvalue weighted by molar-refractivity contribution is 5.79. The van der Waals surface area contributed by atoms with E-state index in [1.54, 1.807) is 19.2 Å². The maximum Gasteiger partial charge on any atom is 0.260 e. The Morgan fingerprint density at radius 1 is 0.839 bits per heavy atom. The fraction of sp³-hybridized carbons (Fsp3) is 0.652. The van der Waals surface area contributed by atoms with E-state index in [0.717, 1.165) is 51.1 Å². The highest BCUT2D eigenvalue weighted by Gasteiger charge is 2.30. The highest BCUT2D eigenvalue weighted by atomic mass is 16.5. The van der Waals surface area contributed by atoms with Crippen molar-refractivity contribution in [3.63, 3.8) is 0 Å². The molecule has 0 atom stereocenters. The molecular weight excluding hydrogens is 396 g/mol. The molecule has 2 heterocycles. The molecule has 1 aromatic carbocycles. The quantitative estimate of drug-likeness (QED) is 0.641. The van der Waals surface area contributed by atoms with Gasteiger partial charge in [-0.25, -0.2) is 0 Å². The summed E-state index contributed by atoms with van der Waals surface area (Å²) in [6, 6.07) is 7.96. The Kier molecular flexibility index (Phi) is 7.29. The predicted octanol–water partition coefficient (Wildman–Crippen LogP) is 0.915. The van der Waals surface area contributed by atoms with Crippen molar-refractivity contribution < 1.29 is 19.1 Å². The van der Waals surface area contributed by atoms with Gasteiger partial charge in [0.15, 0.2) is 6.61 Å². The lowest BCUT2D eigenvalue weighted by molar-refractivity contribution is -0.137. The molecule has 1 saturated carbocycles. The Morgan fingerprint density at radius 3 is 2.00 bits per heavy atom. The maximum absolute atomic E-state index is 12.7. The Labute approximate surface area is 184 Å². The molecule has 0 spiro atoms. The zero-order valence-electron chi connectivity index (χ0n) is 18.5. The van der Waals surface area contributed by atoms with Gasteiger partial charge in [-0.05, 0) is 37.1 Å². The van der Waals surface area contributed by atoms with Gasteiger partial charge in [0.1, 0.15) is 11.5 Å². The topological polar surface area (TPSA) is 65.6 Å². The minimum absolute atomic E-state index is 0.0195. The van der Waals surface area contributed by atoms with Crippen LogP contribution >= 0.6 is 0 Å². The smallest absolute Gasteiger partial charge is 0.260 e. The van der Waals surface area contributed by atoms with Crippen molar-refractivity contribution in [2.75, 3.05) is 72.6 Å². The van der Waals surface area contributed by atoms with Crippen molar-refractivity contribution in [3.05, 3.63) is 24.3 Å². The molecule has 0 aromatic heterocycles. The van der Waals surface area contributed by atoms with Gasteiger partial charge >= 0.3 is 0 Å². The van der Waals surface area contributed by atoms with Gasteiger partial charge in [-0.2, -0.15) is 0 Å². The van der Waals surface area contributed by atoms with Crippen LogP contribution in [0.3, 0.4) is 0 Å². The molecule has 2 saturated heterocycles. The molecule has 1 aliphatic carbocycles. The van der Waals surface area contributed by atoms with Crippen LogP contribution in [-0.2, 0) is 9.59 Å². The maximum atomic E-state index is 12.7. The van der Waals surface area contributed by atoms with E-state index in [-0.39, 0.29) is 18.4 Å². The van der Waals surface area contributed by atoms with Crippen LogP contribution in [0.5, 0.6) is 11.5 Å². The fourth-order valence-electron chi connectivity index (χ4n) is 4.44. The van der Waals surface area contributed by atoms with Crippen LogP contribution in [0.4, 0.5) is 0 Å². The molecule has 2 amide bonds. The number of hydrogen-bond donors (Lipinski definition) is 0. The van der Waals surface area contributed by atoms with E-state index in [1.807, 2.05) is 21.9 Å². The summed E-state index contributed by atoms with van der Waals surface area (Å²) in [7, 11) is 1.61. The third-order valence-corrected chi connectivity index (χ3v) is 6.76. The van der Waals surface area contributed by atoms with Crippen LogP contribution in [0, 0.1) is 0 Å². The molecule has 8 nitrogen and oxygen atoms in total. The molecule has 0 N–H and O–H groups in total. The standard InChI is InChI=1S/C23H34N4O4/c1-30-20-5-7-21(8-6-20)31-18-23(29)27-11-9-24(10-12-27)17-22(28)26-15-13-25(14-16-26)19-3-2-4-19/h5-8,19H,2-4,9-18H2,1H3. The van der Waals surface area contributed by atoms with Crippen LogP contribution in [0.15, 0.2) is 24.3 Å². The van der Waals surface area contributed by atoms with Crippen LogP contribution in [0.25, 0.3) is 0 Å². The summed E-state index contributed by atoms with van der Waals surface area (Å²) in [4.78, 5) is 33.7. The molecule has 3 fully saturated rings. The van der Waals surface area contributed by atoms with Crippen molar-refractivity contribution in [2.45, 2.75) is 25.3 Å². The number of rotatable bonds is 7. The lowest BCUT2D eigenvalue weighted by Gasteiger charge is -2.43. The second-order valence-corrected chi connectivity index (χ2v) is 8.62. The molecule has 8 heteroatoms. The zero-order valence-corrected chi connectivity index (χ0v) is 18.5. The summed E-state index contributed by atoms with van der Waals surface area (Å²) in [6.07, 6.45) is 4.00. The first-order valence-corrected chi connectivity index (χ1v) is 11.4. The van der Waals surface area contributed by atoms with Crippen molar-refractivity contribution in [1.29, 1.82) is 0 Å². The van der Waals surface area contributed by atoms with E-state index in [4.69, 9.17) is 9.47 Å². The zero-order chi connectivity index (χ0) is 21.6. The normalized spacial score (nSPS) is 20.9. The van der Waals surface area contributed by atoms with Crippen molar-refractivity contribution >= 4 is 11.8 Å². The van der Waals surface area contributed by atoms with Gasteiger partial charge in [0.05, 0.1) is 13.7 Å². The molecule has 2 aliphatic heterocycles. The average molecular weight is 431 g/mol. The first-order chi connectivity index (χ1) is 15.1. The van der Waals surface area contributed by atoms with E-state index < -0.39 is 0 Å². The number of nitrogens with zero attached hydrogens (tertiary/aromatic N) is 4. The molecule has 31 heavy (non-hydrogen) atoms. The molecule has 0 unspecified atom stereocenters. The monoisotopic (exact) mass is 430 g/mol. The molecular formula is C23H34N4O4. The molecule has 1 aromatic rings. The molecule has 0 radical (unpaired) electrons. The van der Waals surface area contributed by atoms with Gasteiger partial charge in [0, 0.05) is 58.4 Å². The first-order valence-electron chi connectivity index (χ1n) is 11.4. The van der Waals surface area contributed by atoms with Crippen molar-refractivity contribution in [3.8, 4) is 11.5 Å². The summed E-state index contributed by atoms with van der Waals surface area (Å²) >= 11 is 0. The third kappa shape index (κ3) is 5.68. The highest BCUT2D eigenvalue weighted by Crippen LogP contribution is 2.25. The number of ether oxygens (including phenoxy) is 2. The van der Waals surface area contributed by atoms with Gasteiger partial charge in [0.25, 0.3) is 5.91 Å². The lowest BCUT2D eigenvalue weighted by atomic mass is 9.91. The van der Waals surface area contributed by atoms with Gasteiger partial charge in [-0.3, -0.25) is 19.4 Å². The van der Waals surface area contributed by atoms with Crippen LogP contribution in [0.1, 0.15) is 19.3 Å². The van der Waals surface area contributed by atoms with E-state index in [0.29, 0.717) is 25.4 Å². The summed E-state index contributed by atoms with van der Waals surface area (Å²) in [6.45, 7) is 6.89. The Bertz CT molecular complexity index is 736. The lowest BCUT2D eigenvalue weighted by Crippen LogP contribution is -2.56. The Hall–Kier alpha value is -2.32. The third-order valence-electron chi connectivity index (χ3n) is 6.76. The Balaban J connectivity index is 1.14. The number of methoxy groups -OCH3 is 1. The minimum Gasteiger partial charge on any atom is -0.497 e. The second kappa shape index (κ2) is 10.3. The summed E-state index contributed by atoms with van der Waals surface area (Å²) in [5.74, 6) is 1.60. The van der Waals surface area contributed by atoms with Crippen LogP contribution < -0.4 is 9.47 Å². The number of hydrogen-bond acceptors (Lipinski definition) is 6. The summed E-state index contributed by atoms with van der Waals surface area (Å²) in [5, 5.41) is 0. The number of carbonyl (C=O) groups is 2. The number of carbonyl (C=O) groups excluding carboxylic acids is 2. The second-order valence-electron chi connectivity index (χ2n) is 8.62. The van der Waals surface area contributed by atoms with Gasteiger partial charge < -0.3 is 19.3 Å². The van der Waals surface area contributed by atoms with E-state index in [9.17, 15) is 9.59 Å². The first kappa shape index (κ1) is 21.9. The van der Waals surface area contributed by atoms with Gasteiger partial charge in [0.2, 0.25) is 5.91 Å². The molecule has 0 bridgehead atoms. The van der Waals surface area contributed by atoms with Crippen molar-refractivity contribution in [1.82, 2.24) is 19.6 Å². The van der Waals surface area contributed by atoms with E-state index >= 15 is 0 Å². The summed E-state index contributed by atoms with van der Waals surface area (Å²) < 4.78 is 10.7. The van der Waals surface area contributed by atoms with Crippen molar-refractivity contribution in [2.24, 2.45) is 0 Å². The summed E-state index contributed by atoms with van der Waals surface area (Å²) in [5.41, 5.74) is 0. The number of benzene rings is 1. The predicted molar refractivity (Wildman–Crippen MR) is 117 cm³/mol. The average Bonchev–Trinajstić information content (AvgIpc) is 2.77. The molecule has 4 rings (SSSR count). The molecule has 170 valence electrons. The SMILES string of the molecule is COc1ccc(OCC(=O)N2CCN(CC(=O)N3CCN(C4CCC4)CC3)CC2)cc1. The fourth-order valence-corrected chi connectivity index (χ4v) is 4.44. The minimum atomic E-state index is -0.0195. The van der Waals surface area contributed by atoms with Gasteiger partial charge in [-0.1, -0.05) is 6.42 Å². The van der Waals surface area contributed by atoms with Crippen LogP contribution in [-0.4, -0.2) is 110 Å². The number of amides is 2. The number of piperazine rings is 2. The van der Waals surface area contributed by atoms with E-state index in [1.165, 1.54) is 19.3 Å². The molecule has 3 aliphatic rings. The Morgan fingerprint density at radius 2 is 1.42 bits per heavy atom. The van der Waals surface area contributed by atoms with E-state index in [2.05, 4.69) is 9.80 Å². The van der Waals surface area contributed by atoms with Gasteiger partial charge in [-0.15, -0.1) is 0 Å². The largest absolute Gasteiger partial charge is 0.497 e.